The normalized spacial score (nSPS) is 10.5. The molecule has 2 rings (SSSR count). The quantitative estimate of drug-likeness (QED) is 0.826. The Balaban J connectivity index is 2.13. The summed E-state index contributed by atoms with van der Waals surface area (Å²) in [4.78, 5) is 16.2. The van der Waals surface area contributed by atoms with E-state index in [0.29, 0.717) is 34.1 Å². The van der Waals surface area contributed by atoms with Gasteiger partial charge in [0, 0.05) is 11.8 Å². The summed E-state index contributed by atoms with van der Waals surface area (Å²) >= 11 is 3.26. The number of carbonyl (C=O) groups excluding carboxylic acids is 1. The van der Waals surface area contributed by atoms with Crippen LogP contribution >= 0.6 is 15.9 Å². The van der Waals surface area contributed by atoms with E-state index in [-0.39, 0.29) is 5.91 Å². The second-order valence-electron chi connectivity index (χ2n) is 5.02. The Hall–Kier alpha value is -1.88. The van der Waals surface area contributed by atoms with E-state index in [9.17, 15) is 4.79 Å². The number of carbonyl (C=O) groups is 1. The number of hydrogen-bond donors (Lipinski definition) is 1. The minimum Gasteiger partial charge on any atom is -0.491 e. The second-order valence-corrected chi connectivity index (χ2v) is 5.83. The third-order valence-electron chi connectivity index (χ3n) is 2.70. The van der Waals surface area contributed by atoms with Crippen molar-refractivity contribution in [2.75, 3.05) is 11.9 Å². The number of ether oxygens (including phenoxy) is 1. The number of aromatic nitrogens is 1. The lowest BCUT2D eigenvalue weighted by Crippen LogP contribution is -2.14. The van der Waals surface area contributed by atoms with Gasteiger partial charge in [0.25, 0.3) is 5.91 Å². The van der Waals surface area contributed by atoms with Crippen molar-refractivity contribution in [2.24, 2.45) is 5.92 Å². The molecule has 0 saturated heterocycles. The van der Waals surface area contributed by atoms with Gasteiger partial charge < -0.3 is 10.1 Å². The molecule has 0 atom stereocenters. The van der Waals surface area contributed by atoms with Crippen molar-refractivity contribution in [3.63, 3.8) is 0 Å². The third kappa shape index (κ3) is 4.56. The molecule has 1 aromatic carbocycles. The van der Waals surface area contributed by atoms with Crippen molar-refractivity contribution in [2.45, 2.75) is 13.8 Å². The third-order valence-corrected chi connectivity index (χ3v) is 3.13. The number of para-hydroxylation sites is 2. The lowest BCUT2D eigenvalue weighted by molar-refractivity contribution is 0.102. The maximum absolute atomic E-state index is 12.2. The van der Waals surface area contributed by atoms with Crippen LogP contribution in [0.5, 0.6) is 5.75 Å². The largest absolute Gasteiger partial charge is 0.491 e. The maximum Gasteiger partial charge on any atom is 0.255 e. The van der Waals surface area contributed by atoms with Gasteiger partial charge in [0.15, 0.2) is 0 Å². The first-order valence-electron chi connectivity index (χ1n) is 6.71. The fourth-order valence-corrected chi connectivity index (χ4v) is 2.06. The molecule has 1 N–H and O–H groups in total. The highest BCUT2D eigenvalue weighted by Gasteiger charge is 2.10. The summed E-state index contributed by atoms with van der Waals surface area (Å²) in [6.45, 7) is 4.76. The zero-order valence-corrected chi connectivity index (χ0v) is 13.6. The topological polar surface area (TPSA) is 51.2 Å². The van der Waals surface area contributed by atoms with Gasteiger partial charge in [0.2, 0.25) is 0 Å². The fourth-order valence-electron chi connectivity index (χ4n) is 1.69. The molecule has 0 aliphatic carbocycles. The summed E-state index contributed by atoms with van der Waals surface area (Å²) in [5, 5.41) is 2.87. The molecule has 0 saturated carbocycles. The average Bonchev–Trinajstić information content (AvgIpc) is 2.46. The SMILES string of the molecule is CC(C)COc1ccccc1NC(=O)c1ccnc(Br)c1. The van der Waals surface area contributed by atoms with Gasteiger partial charge in [-0.3, -0.25) is 4.79 Å². The summed E-state index contributed by atoms with van der Waals surface area (Å²) in [7, 11) is 0. The number of halogens is 1. The standard InChI is InChI=1S/C16H17BrN2O2/c1-11(2)10-21-14-6-4-3-5-13(14)19-16(20)12-7-8-18-15(17)9-12/h3-9,11H,10H2,1-2H3,(H,19,20). The van der Waals surface area contributed by atoms with Crippen LogP contribution in [0.1, 0.15) is 24.2 Å². The lowest BCUT2D eigenvalue weighted by atomic mass is 10.2. The average molecular weight is 349 g/mol. The van der Waals surface area contributed by atoms with Crippen molar-refractivity contribution < 1.29 is 9.53 Å². The fraction of sp³-hybridized carbons (Fsp3) is 0.250. The van der Waals surface area contributed by atoms with E-state index in [0.717, 1.165) is 0 Å². The molecule has 1 aromatic heterocycles. The highest BCUT2D eigenvalue weighted by Crippen LogP contribution is 2.25. The predicted molar refractivity (Wildman–Crippen MR) is 86.7 cm³/mol. The van der Waals surface area contributed by atoms with Crippen molar-refractivity contribution in [1.82, 2.24) is 4.98 Å². The minimum absolute atomic E-state index is 0.196. The van der Waals surface area contributed by atoms with Crippen LogP contribution in [0.3, 0.4) is 0 Å². The molecule has 4 nitrogen and oxygen atoms in total. The van der Waals surface area contributed by atoms with Crippen LogP contribution in [0.25, 0.3) is 0 Å². The molecular formula is C16H17BrN2O2. The zero-order valence-electron chi connectivity index (χ0n) is 12.0. The molecular weight excluding hydrogens is 332 g/mol. The number of nitrogens with one attached hydrogen (secondary N) is 1. The van der Waals surface area contributed by atoms with Gasteiger partial charge in [-0.2, -0.15) is 0 Å². The second kappa shape index (κ2) is 7.22. The van der Waals surface area contributed by atoms with Gasteiger partial charge in [-0.1, -0.05) is 26.0 Å². The Morgan fingerprint density at radius 3 is 2.81 bits per heavy atom. The highest BCUT2D eigenvalue weighted by atomic mass is 79.9. The number of rotatable bonds is 5. The van der Waals surface area contributed by atoms with E-state index in [1.54, 1.807) is 18.3 Å². The Bertz CT molecular complexity index is 629. The molecule has 0 fully saturated rings. The van der Waals surface area contributed by atoms with E-state index in [1.165, 1.54) is 0 Å². The number of hydrogen-bond acceptors (Lipinski definition) is 3. The van der Waals surface area contributed by atoms with Crippen LogP contribution in [0, 0.1) is 5.92 Å². The molecule has 5 heteroatoms. The van der Waals surface area contributed by atoms with Gasteiger partial charge in [0.1, 0.15) is 10.4 Å². The van der Waals surface area contributed by atoms with E-state index in [1.807, 2.05) is 24.3 Å². The van der Waals surface area contributed by atoms with Crippen molar-refractivity contribution in [3.8, 4) is 5.75 Å². The summed E-state index contributed by atoms with van der Waals surface area (Å²) in [5.74, 6) is 0.899. The van der Waals surface area contributed by atoms with Crippen LogP contribution in [0.2, 0.25) is 0 Å². The maximum atomic E-state index is 12.2. The zero-order chi connectivity index (χ0) is 15.2. The Morgan fingerprint density at radius 2 is 2.10 bits per heavy atom. The molecule has 2 aromatic rings. The molecule has 21 heavy (non-hydrogen) atoms. The van der Waals surface area contributed by atoms with E-state index in [4.69, 9.17) is 4.74 Å². The summed E-state index contributed by atoms with van der Waals surface area (Å²) in [6, 6.07) is 10.8. The van der Waals surface area contributed by atoms with Crippen molar-refractivity contribution in [1.29, 1.82) is 0 Å². The van der Waals surface area contributed by atoms with Gasteiger partial charge in [-0.25, -0.2) is 4.98 Å². The van der Waals surface area contributed by atoms with Crippen LogP contribution in [-0.2, 0) is 0 Å². The molecule has 110 valence electrons. The van der Waals surface area contributed by atoms with E-state index in [2.05, 4.69) is 40.1 Å². The molecule has 0 aliphatic rings. The van der Waals surface area contributed by atoms with E-state index < -0.39 is 0 Å². The Kier molecular flexibility index (Phi) is 5.33. The number of amides is 1. The number of benzene rings is 1. The first-order valence-corrected chi connectivity index (χ1v) is 7.50. The summed E-state index contributed by atoms with van der Waals surface area (Å²) < 4.78 is 6.35. The lowest BCUT2D eigenvalue weighted by Gasteiger charge is -2.13. The van der Waals surface area contributed by atoms with Crippen LogP contribution in [0.15, 0.2) is 47.2 Å². The molecule has 1 heterocycles. The van der Waals surface area contributed by atoms with E-state index >= 15 is 0 Å². The van der Waals surface area contributed by atoms with Crippen molar-refractivity contribution in [3.05, 3.63) is 52.8 Å². The number of pyridine rings is 1. The number of nitrogens with zero attached hydrogens (tertiary/aromatic N) is 1. The van der Waals surface area contributed by atoms with Gasteiger partial charge in [-0.15, -0.1) is 0 Å². The first kappa shape index (κ1) is 15.5. The highest BCUT2D eigenvalue weighted by molar-refractivity contribution is 9.10. The monoisotopic (exact) mass is 348 g/mol. The first-order chi connectivity index (χ1) is 10.1. The summed E-state index contributed by atoms with van der Waals surface area (Å²) in [5.41, 5.74) is 1.20. The minimum atomic E-state index is -0.196. The van der Waals surface area contributed by atoms with Crippen molar-refractivity contribution >= 4 is 27.5 Å². The molecule has 0 radical (unpaired) electrons. The Morgan fingerprint density at radius 1 is 1.33 bits per heavy atom. The molecule has 0 unspecified atom stereocenters. The smallest absolute Gasteiger partial charge is 0.255 e. The molecule has 0 spiro atoms. The van der Waals surface area contributed by atoms with Gasteiger partial charge >= 0.3 is 0 Å². The van der Waals surface area contributed by atoms with Crippen LogP contribution in [-0.4, -0.2) is 17.5 Å². The van der Waals surface area contributed by atoms with Gasteiger partial charge in [0.05, 0.1) is 12.3 Å². The molecule has 0 aliphatic heterocycles. The van der Waals surface area contributed by atoms with Crippen LogP contribution < -0.4 is 10.1 Å². The molecule has 1 amide bonds. The van der Waals surface area contributed by atoms with Gasteiger partial charge in [-0.05, 0) is 46.1 Å². The molecule has 0 bridgehead atoms. The number of anilines is 1. The predicted octanol–water partition coefficient (Wildman–Crippen LogP) is 4.13. The van der Waals surface area contributed by atoms with Crippen LogP contribution in [0.4, 0.5) is 5.69 Å². The Labute approximate surface area is 132 Å². The summed E-state index contributed by atoms with van der Waals surface area (Å²) in [6.07, 6.45) is 1.58.